The number of amides is 2. The summed E-state index contributed by atoms with van der Waals surface area (Å²) in [5.74, 6) is -0.708. The number of nitrogens with one attached hydrogen (secondary N) is 1. The van der Waals surface area contributed by atoms with E-state index in [2.05, 4.69) is 19.2 Å². The number of nitrogens with zero attached hydrogens (tertiary/aromatic N) is 2. The Morgan fingerprint density at radius 2 is 1.68 bits per heavy atom. The fraction of sp³-hybridized carbons (Fsp3) is 0.484. The molecule has 1 unspecified atom stereocenters. The minimum Gasteiger partial charge on any atom is -0.481 e. The second-order valence-electron chi connectivity index (χ2n) is 11.2. The van der Waals surface area contributed by atoms with Crippen LogP contribution in [0.15, 0.2) is 53.5 Å². The number of hydrogen-bond acceptors (Lipinski definition) is 4. The zero-order chi connectivity index (χ0) is 29.9. The number of aliphatic imine (C=N–C) groups is 1. The number of carbonyl (C=O) groups is 3. The lowest BCUT2D eigenvalue weighted by Crippen LogP contribution is -2.51. The Labute approximate surface area is 237 Å². The number of hydrogen-bond donors (Lipinski definition) is 2. The summed E-state index contributed by atoms with van der Waals surface area (Å²) in [7, 11) is 0. The van der Waals surface area contributed by atoms with Crippen LogP contribution in [0.2, 0.25) is 0 Å². The molecule has 1 spiro atoms. The van der Waals surface area contributed by atoms with E-state index >= 15 is 0 Å². The SMILES string of the molecule is CCC(c1ccc(C(=O)NCCC(=O)O)cc1)N1C(=O)C(c2ccc(C(F)(F)F)cc2)=NC12CCC(C(C)C)CC2. The van der Waals surface area contributed by atoms with E-state index < -0.39 is 23.4 Å². The minimum absolute atomic E-state index is 0.0136. The third-order valence-corrected chi connectivity index (χ3v) is 8.33. The summed E-state index contributed by atoms with van der Waals surface area (Å²) in [5.41, 5.74) is 0.143. The Morgan fingerprint density at radius 1 is 1.07 bits per heavy atom. The van der Waals surface area contributed by atoms with Crippen molar-refractivity contribution in [1.82, 2.24) is 10.2 Å². The van der Waals surface area contributed by atoms with E-state index in [1.165, 1.54) is 12.1 Å². The van der Waals surface area contributed by atoms with Crippen LogP contribution in [0.3, 0.4) is 0 Å². The van der Waals surface area contributed by atoms with Gasteiger partial charge < -0.3 is 15.3 Å². The van der Waals surface area contributed by atoms with Gasteiger partial charge in [-0.25, -0.2) is 0 Å². The van der Waals surface area contributed by atoms with Crippen LogP contribution in [-0.2, 0) is 15.8 Å². The number of benzene rings is 2. The summed E-state index contributed by atoms with van der Waals surface area (Å²) < 4.78 is 39.5. The smallest absolute Gasteiger partial charge is 0.416 e. The van der Waals surface area contributed by atoms with Crippen molar-refractivity contribution in [2.45, 2.75) is 77.2 Å². The molecule has 2 amide bonds. The highest BCUT2D eigenvalue weighted by molar-refractivity contribution is 6.46. The molecule has 0 aromatic heterocycles. The first-order valence-electron chi connectivity index (χ1n) is 14.1. The summed E-state index contributed by atoms with van der Waals surface area (Å²) in [5, 5.41) is 11.4. The molecule has 0 saturated heterocycles. The number of rotatable bonds is 9. The molecule has 1 aliphatic heterocycles. The molecule has 2 N–H and O–H groups in total. The molecule has 0 bridgehead atoms. The molecular weight excluding hydrogens is 535 g/mol. The Hall–Kier alpha value is -3.69. The molecule has 1 saturated carbocycles. The van der Waals surface area contributed by atoms with Gasteiger partial charge in [0.15, 0.2) is 0 Å². The number of carboxylic acids is 1. The molecule has 41 heavy (non-hydrogen) atoms. The zero-order valence-electron chi connectivity index (χ0n) is 23.5. The molecule has 10 heteroatoms. The van der Waals surface area contributed by atoms with Crippen LogP contribution in [-0.4, -0.2) is 45.7 Å². The van der Waals surface area contributed by atoms with Crippen LogP contribution in [0.5, 0.6) is 0 Å². The molecule has 1 atom stereocenters. The average Bonchev–Trinajstić information content (AvgIpc) is 3.20. The van der Waals surface area contributed by atoms with Gasteiger partial charge in [0.1, 0.15) is 11.4 Å². The molecule has 1 aliphatic carbocycles. The van der Waals surface area contributed by atoms with Gasteiger partial charge in [0.2, 0.25) is 0 Å². The first-order chi connectivity index (χ1) is 19.4. The summed E-state index contributed by atoms with van der Waals surface area (Å²) in [6.07, 6.45) is -0.997. The van der Waals surface area contributed by atoms with Crippen LogP contribution in [0.4, 0.5) is 13.2 Å². The number of carboxylic acid groups (broad SMARTS) is 1. The summed E-state index contributed by atoms with van der Waals surface area (Å²) in [4.78, 5) is 44.0. The molecule has 1 heterocycles. The molecule has 220 valence electrons. The third-order valence-electron chi connectivity index (χ3n) is 8.33. The van der Waals surface area contributed by atoms with Crippen molar-refractivity contribution >= 4 is 23.5 Å². The molecule has 2 aromatic carbocycles. The summed E-state index contributed by atoms with van der Waals surface area (Å²) in [6, 6.07) is 11.1. The van der Waals surface area contributed by atoms with Gasteiger partial charge in [-0.2, -0.15) is 13.2 Å². The molecule has 1 fully saturated rings. The van der Waals surface area contributed by atoms with Gasteiger partial charge in [0, 0.05) is 17.7 Å². The van der Waals surface area contributed by atoms with E-state index in [0.29, 0.717) is 42.2 Å². The van der Waals surface area contributed by atoms with Crippen LogP contribution >= 0.6 is 0 Å². The zero-order valence-corrected chi connectivity index (χ0v) is 23.5. The fourth-order valence-corrected chi connectivity index (χ4v) is 5.98. The Bertz CT molecular complexity index is 1300. The van der Waals surface area contributed by atoms with Crippen molar-refractivity contribution in [2.75, 3.05) is 6.54 Å². The van der Waals surface area contributed by atoms with E-state index in [1.54, 1.807) is 24.3 Å². The average molecular weight is 572 g/mol. The van der Waals surface area contributed by atoms with Crippen LogP contribution in [0.1, 0.15) is 92.4 Å². The predicted molar refractivity (Wildman–Crippen MR) is 148 cm³/mol. The minimum atomic E-state index is -4.48. The van der Waals surface area contributed by atoms with Gasteiger partial charge in [-0.1, -0.05) is 45.0 Å². The molecular formula is C31H36F3N3O4. The molecule has 0 radical (unpaired) electrons. The molecule has 7 nitrogen and oxygen atoms in total. The maximum Gasteiger partial charge on any atom is 0.416 e. The maximum atomic E-state index is 14.1. The van der Waals surface area contributed by atoms with Crippen LogP contribution < -0.4 is 5.32 Å². The van der Waals surface area contributed by atoms with Crippen molar-refractivity contribution in [3.05, 3.63) is 70.8 Å². The van der Waals surface area contributed by atoms with E-state index in [4.69, 9.17) is 10.1 Å². The molecule has 2 aliphatic rings. The van der Waals surface area contributed by atoms with E-state index in [-0.39, 0.29) is 36.5 Å². The number of alkyl halides is 3. The highest BCUT2D eigenvalue weighted by Gasteiger charge is 2.51. The van der Waals surface area contributed by atoms with Crippen molar-refractivity contribution in [1.29, 1.82) is 0 Å². The van der Waals surface area contributed by atoms with Gasteiger partial charge in [0.05, 0.1) is 18.0 Å². The quantitative estimate of drug-likeness (QED) is 0.373. The van der Waals surface area contributed by atoms with Gasteiger partial charge in [-0.3, -0.25) is 19.4 Å². The highest BCUT2D eigenvalue weighted by atomic mass is 19.4. The first kappa shape index (κ1) is 30.3. The Kier molecular flexibility index (Phi) is 8.89. The number of carbonyl (C=O) groups excluding carboxylic acids is 2. The summed E-state index contributed by atoms with van der Waals surface area (Å²) in [6.45, 7) is 6.35. The normalized spacial score (nSPS) is 21.7. The van der Waals surface area contributed by atoms with Crippen molar-refractivity contribution in [2.24, 2.45) is 16.8 Å². The lowest BCUT2D eigenvalue weighted by atomic mass is 9.76. The first-order valence-corrected chi connectivity index (χ1v) is 14.1. The van der Waals surface area contributed by atoms with Gasteiger partial charge in [0.25, 0.3) is 11.8 Å². The third kappa shape index (κ3) is 6.47. The van der Waals surface area contributed by atoms with Crippen molar-refractivity contribution in [3.63, 3.8) is 0 Å². The lowest BCUT2D eigenvalue weighted by Gasteiger charge is -2.46. The second kappa shape index (κ2) is 12.0. The van der Waals surface area contributed by atoms with E-state index in [1.807, 2.05) is 11.8 Å². The molecule has 4 rings (SSSR count). The Balaban J connectivity index is 1.65. The second-order valence-corrected chi connectivity index (χ2v) is 11.2. The number of aliphatic carboxylic acids is 1. The monoisotopic (exact) mass is 571 g/mol. The van der Waals surface area contributed by atoms with Gasteiger partial charge in [-0.15, -0.1) is 0 Å². The van der Waals surface area contributed by atoms with Crippen LogP contribution in [0, 0.1) is 11.8 Å². The largest absolute Gasteiger partial charge is 0.481 e. The van der Waals surface area contributed by atoms with Gasteiger partial charge in [-0.05, 0) is 73.8 Å². The lowest BCUT2D eigenvalue weighted by molar-refractivity contribution is -0.138. The maximum absolute atomic E-state index is 14.1. The van der Waals surface area contributed by atoms with E-state index in [9.17, 15) is 27.6 Å². The fourth-order valence-electron chi connectivity index (χ4n) is 5.98. The summed E-state index contributed by atoms with van der Waals surface area (Å²) >= 11 is 0. The highest BCUT2D eigenvalue weighted by Crippen LogP contribution is 2.47. The number of halogens is 3. The predicted octanol–water partition coefficient (Wildman–Crippen LogP) is 6.24. The van der Waals surface area contributed by atoms with Gasteiger partial charge >= 0.3 is 12.1 Å². The topological polar surface area (TPSA) is 99.1 Å². The Morgan fingerprint density at radius 3 is 2.20 bits per heavy atom. The van der Waals surface area contributed by atoms with E-state index in [0.717, 1.165) is 30.5 Å². The standard InChI is InChI=1S/C31H36F3N3O4/c1-4-25(21-5-7-23(8-6-21)28(40)35-18-15-26(38)39)37-29(41)27(22-9-11-24(12-10-22)31(32,33)34)36-30(37)16-13-20(14-17-30)19(2)3/h5-12,19-20,25H,4,13-18H2,1-3H3,(H,35,40)(H,38,39). The van der Waals surface area contributed by atoms with Crippen molar-refractivity contribution < 1.29 is 32.7 Å². The molecule has 2 aromatic rings. The van der Waals surface area contributed by atoms with Crippen LogP contribution in [0.25, 0.3) is 0 Å². The van der Waals surface area contributed by atoms with Crippen molar-refractivity contribution in [3.8, 4) is 0 Å².